The van der Waals surface area contributed by atoms with E-state index in [2.05, 4.69) is 20.8 Å². The zero-order valence-electron chi connectivity index (χ0n) is 14.5. The second-order valence-electron chi connectivity index (χ2n) is 5.59. The molecule has 1 aliphatic rings. The van der Waals surface area contributed by atoms with Gasteiger partial charge in [0.25, 0.3) is 5.09 Å². The Labute approximate surface area is 170 Å². The maximum atomic E-state index is 13.4. The Morgan fingerprint density at radius 2 is 2.04 bits per heavy atom. The third-order valence-corrected chi connectivity index (χ3v) is 4.88. The van der Waals surface area contributed by atoms with Gasteiger partial charge in [0, 0.05) is 21.5 Å². The molecule has 0 N–H and O–H groups in total. The van der Waals surface area contributed by atoms with Gasteiger partial charge in [-0.05, 0) is 30.7 Å². The van der Waals surface area contributed by atoms with Gasteiger partial charge < -0.3 is 14.3 Å². The van der Waals surface area contributed by atoms with E-state index in [4.69, 9.17) is 9.47 Å². The predicted octanol–water partition coefficient (Wildman–Crippen LogP) is 3.95. The molecule has 0 saturated carbocycles. The summed E-state index contributed by atoms with van der Waals surface area (Å²) in [4.78, 5) is 26.3. The van der Waals surface area contributed by atoms with E-state index in [9.17, 15) is 28.1 Å². The molecule has 0 aromatic heterocycles. The van der Waals surface area contributed by atoms with Crippen LogP contribution < -0.4 is 4.74 Å². The van der Waals surface area contributed by atoms with Gasteiger partial charge in [-0.25, -0.2) is 4.79 Å². The maximum absolute atomic E-state index is 13.4. The summed E-state index contributed by atoms with van der Waals surface area (Å²) in [6.07, 6.45) is -6.10. The molecule has 0 aliphatic carbocycles. The first-order chi connectivity index (χ1) is 13.1. The second-order valence-corrected chi connectivity index (χ2v) is 7.73. The number of carbonyl (C=O) groups excluding carboxylic acids is 1. The Hall–Kier alpha value is -1.95. The molecule has 0 fully saturated rings. The Kier molecular flexibility index (Phi) is 7.58. The average Bonchev–Trinajstić information content (AvgIpc) is 2.58. The molecule has 1 atom stereocenters. The van der Waals surface area contributed by atoms with Crippen LogP contribution in [-0.2, 0) is 14.4 Å². The Morgan fingerprint density at radius 3 is 2.68 bits per heavy atom. The maximum Gasteiger partial charge on any atom is 0.430 e. The first-order valence-electron chi connectivity index (χ1n) is 7.87. The molecule has 12 heteroatoms. The summed E-state index contributed by atoms with van der Waals surface area (Å²) < 4.78 is 50.8. The summed E-state index contributed by atoms with van der Waals surface area (Å²) in [5.74, 6) is -0.550. The van der Waals surface area contributed by atoms with Crippen molar-refractivity contribution in [3.8, 4) is 5.75 Å². The first kappa shape index (κ1) is 22.3. The van der Waals surface area contributed by atoms with Gasteiger partial charge >= 0.3 is 12.1 Å². The summed E-state index contributed by atoms with van der Waals surface area (Å²) in [5.41, 5.74) is 0.195. The summed E-state index contributed by atoms with van der Waals surface area (Å²) in [6, 6.07) is 3.16. The molecule has 0 spiro atoms. The average molecular weight is 486 g/mol. The van der Waals surface area contributed by atoms with Crippen molar-refractivity contribution in [2.45, 2.75) is 19.2 Å². The monoisotopic (exact) mass is 485 g/mol. The molecule has 1 aromatic carbocycles. The highest BCUT2D eigenvalue weighted by Gasteiger charge is 2.49. The van der Waals surface area contributed by atoms with Crippen molar-refractivity contribution in [2.24, 2.45) is 0 Å². The molecule has 7 nitrogen and oxygen atoms in total. The standard InChI is InChI=1S/C16H15BrF3NO6S/c1-9-6-11(17)7-10-8-12(14(16(18,19)20)27-13(9)10)15(22)25-2-4-28-5-3-26-21(23)24/h6-8,14H,2-5H2,1H3/t14-/m0/s1. The van der Waals surface area contributed by atoms with Crippen molar-refractivity contribution >= 4 is 39.7 Å². The van der Waals surface area contributed by atoms with Crippen LogP contribution >= 0.6 is 27.7 Å². The topological polar surface area (TPSA) is 87.9 Å². The Morgan fingerprint density at radius 1 is 1.36 bits per heavy atom. The van der Waals surface area contributed by atoms with E-state index in [1.54, 1.807) is 19.1 Å². The van der Waals surface area contributed by atoms with Gasteiger partial charge in [0.2, 0.25) is 6.10 Å². The molecule has 1 aromatic rings. The van der Waals surface area contributed by atoms with Gasteiger partial charge in [-0.15, -0.1) is 10.1 Å². The number of thioether (sulfide) groups is 1. The molecule has 0 saturated heterocycles. The third kappa shape index (κ3) is 6.03. The predicted molar refractivity (Wildman–Crippen MR) is 98.6 cm³/mol. The van der Waals surface area contributed by atoms with Crippen molar-refractivity contribution in [3.05, 3.63) is 43.4 Å². The van der Waals surface area contributed by atoms with E-state index >= 15 is 0 Å². The Balaban J connectivity index is 2.04. The lowest BCUT2D eigenvalue weighted by Gasteiger charge is -2.29. The fourth-order valence-electron chi connectivity index (χ4n) is 2.41. The van der Waals surface area contributed by atoms with Gasteiger partial charge in [0.15, 0.2) is 0 Å². The SMILES string of the molecule is Cc1cc(Br)cc2c1O[C@H](C(F)(F)F)C(C(=O)OCCSCCO[N+](=O)[O-])=C2. The van der Waals surface area contributed by atoms with Crippen molar-refractivity contribution in [1.82, 2.24) is 0 Å². The highest BCUT2D eigenvalue weighted by molar-refractivity contribution is 9.10. The molecular weight excluding hydrogens is 471 g/mol. The largest absolute Gasteiger partial charge is 0.475 e. The number of ether oxygens (including phenoxy) is 2. The van der Waals surface area contributed by atoms with Crippen molar-refractivity contribution in [3.63, 3.8) is 0 Å². The lowest BCUT2D eigenvalue weighted by atomic mass is 9.99. The van der Waals surface area contributed by atoms with E-state index in [0.29, 0.717) is 15.6 Å². The van der Waals surface area contributed by atoms with Crippen LogP contribution in [0.5, 0.6) is 5.75 Å². The van der Waals surface area contributed by atoms with Crippen LogP contribution in [0.2, 0.25) is 0 Å². The molecule has 1 aliphatic heterocycles. The fraction of sp³-hybridized carbons (Fsp3) is 0.438. The summed E-state index contributed by atoms with van der Waals surface area (Å²) >= 11 is 4.45. The zero-order chi connectivity index (χ0) is 20.9. The van der Waals surface area contributed by atoms with Crippen LogP contribution in [0.4, 0.5) is 13.2 Å². The highest BCUT2D eigenvalue weighted by Crippen LogP contribution is 2.40. The fourth-order valence-corrected chi connectivity index (χ4v) is 3.59. The molecule has 2 rings (SSSR count). The van der Waals surface area contributed by atoms with Crippen LogP contribution in [0.25, 0.3) is 6.08 Å². The lowest BCUT2D eigenvalue weighted by Crippen LogP contribution is -2.41. The number of carbonyl (C=O) groups is 1. The minimum absolute atomic E-state index is 0.0587. The second kappa shape index (κ2) is 9.50. The van der Waals surface area contributed by atoms with E-state index in [1.165, 1.54) is 11.8 Å². The number of benzene rings is 1. The number of nitrogens with zero attached hydrogens (tertiary/aromatic N) is 1. The zero-order valence-corrected chi connectivity index (χ0v) is 16.9. The number of esters is 1. The normalized spacial score (nSPS) is 15.9. The van der Waals surface area contributed by atoms with Gasteiger partial charge in [-0.3, -0.25) is 0 Å². The molecule has 154 valence electrons. The van der Waals surface area contributed by atoms with Gasteiger partial charge in [-0.1, -0.05) is 15.9 Å². The van der Waals surface area contributed by atoms with Crippen LogP contribution in [0.1, 0.15) is 11.1 Å². The minimum atomic E-state index is -4.79. The molecule has 0 amide bonds. The van der Waals surface area contributed by atoms with Crippen LogP contribution in [0, 0.1) is 17.0 Å². The molecule has 1 heterocycles. The third-order valence-electron chi connectivity index (χ3n) is 3.52. The number of alkyl halides is 3. The summed E-state index contributed by atoms with van der Waals surface area (Å²) in [7, 11) is 0. The Bertz CT molecular complexity index is 786. The molecule has 0 unspecified atom stereocenters. The van der Waals surface area contributed by atoms with Crippen LogP contribution in [-0.4, -0.2) is 48.1 Å². The first-order valence-corrected chi connectivity index (χ1v) is 9.81. The number of rotatable bonds is 8. The van der Waals surface area contributed by atoms with E-state index in [0.717, 1.165) is 6.08 Å². The number of aryl methyl sites for hydroxylation is 1. The number of halogens is 4. The van der Waals surface area contributed by atoms with E-state index in [1.807, 2.05) is 0 Å². The highest BCUT2D eigenvalue weighted by atomic mass is 79.9. The summed E-state index contributed by atoms with van der Waals surface area (Å²) in [6.45, 7) is 1.31. The minimum Gasteiger partial charge on any atom is -0.475 e. The van der Waals surface area contributed by atoms with Gasteiger partial charge in [0.05, 0.1) is 5.57 Å². The molecule has 28 heavy (non-hydrogen) atoms. The van der Waals surface area contributed by atoms with E-state index in [-0.39, 0.29) is 30.5 Å². The number of hydrogen-bond donors (Lipinski definition) is 0. The molecular formula is C16H15BrF3NO6S. The molecule has 0 radical (unpaired) electrons. The van der Waals surface area contributed by atoms with Crippen molar-refractivity contribution in [2.75, 3.05) is 24.7 Å². The van der Waals surface area contributed by atoms with Crippen molar-refractivity contribution < 1.29 is 37.4 Å². The van der Waals surface area contributed by atoms with Gasteiger partial charge in [-0.2, -0.15) is 24.9 Å². The van der Waals surface area contributed by atoms with Crippen molar-refractivity contribution in [1.29, 1.82) is 0 Å². The summed E-state index contributed by atoms with van der Waals surface area (Å²) in [5, 5.41) is 9.06. The van der Waals surface area contributed by atoms with Crippen LogP contribution in [0.15, 0.2) is 22.2 Å². The number of fused-ring (bicyclic) bond motifs is 1. The smallest absolute Gasteiger partial charge is 0.430 e. The lowest BCUT2D eigenvalue weighted by molar-refractivity contribution is -0.756. The van der Waals surface area contributed by atoms with Crippen LogP contribution in [0.3, 0.4) is 0 Å². The number of hydrogen-bond acceptors (Lipinski definition) is 7. The van der Waals surface area contributed by atoms with Gasteiger partial charge in [0.1, 0.15) is 19.0 Å². The van der Waals surface area contributed by atoms with E-state index < -0.39 is 28.9 Å². The molecule has 0 bridgehead atoms. The quantitative estimate of drug-likeness (QED) is 0.238.